The first kappa shape index (κ1) is 15.1. The number of fused-ring (bicyclic) bond motifs is 1. The molecule has 1 fully saturated rings. The molecule has 0 bridgehead atoms. The van der Waals surface area contributed by atoms with E-state index in [9.17, 15) is 4.79 Å². The summed E-state index contributed by atoms with van der Waals surface area (Å²) in [6.07, 6.45) is 3.42. The highest BCUT2D eigenvalue weighted by Gasteiger charge is 2.26. The van der Waals surface area contributed by atoms with Gasteiger partial charge in [-0.05, 0) is 24.5 Å². The Labute approximate surface area is 144 Å². The van der Waals surface area contributed by atoms with Gasteiger partial charge in [-0.3, -0.25) is 4.79 Å². The second kappa shape index (κ2) is 6.20. The summed E-state index contributed by atoms with van der Waals surface area (Å²) in [7, 11) is 0. The van der Waals surface area contributed by atoms with Gasteiger partial charge in [-0.1, -0.05) is 30.3 Å². The fourth-order valence-electron chi connectivity index (χ4n) is 3.24. The van der Waals surface area contributed by atoms with Crippen LogP contribution in [0.1, 0.15) is 12.8 Å². The van der Waals surface area contributed by atoms with Gasteiger partial charge in [-0.25, -0.2) is 9.97 Å². The van der Waals surface area contributed by atoms with Gasteiger partial charge in [0.05, 0.1) is 11.3 Å². The summed E-state index contributed by atoms with van der Waals surface area (Å²) in [4.78, 5) is 24.8. The Morgan fingerprint density at radius 2 is 2.08 bits per heavy atom. The van der Waals surface area contributed by atoms with Gasteiger partial charge in [0, 0.05) is 18.0 Å². The number of rotatable bonds is 3. The number of benzene rings is 1. The number of aromatic nitrogens is 2. The van der Waals surface area contributed by atoms with Gasteiger partial charge in [-0.15, -0.1) is 11.3 Å². The van der Waals surface area contributed by atoms with Crippen LogP contribution in [0.25, 0.3) is 20.7 Å². The largest absolute Gasteiger partial charge is 0.369 e. The topological polar surface area (TPSA) is 72.1 Å². The van der Waals surface area contributed by atoms with Gasteiger partial charge < -0.3 is 10.6 Å². The number of amides is 1. The van der Waals surface area contributed by atoms with Crippen molar-refractivity contribution in [2.24, 2.45) is 11.7 Å². The van der Waals surface area contributed by atoms with Crippen molar-refractivity contribution in [1.82, 2.24) is 9.97 Å². The number of carbonyl (C=O) groups excluding carboxylic acids is 1. The van der Waals surface area contributed by atoms with E-state index in [1.807, 2.05) is 18.2 Å². The van der Waals surface area contributed by atoms with Crippen LogP contribution in [0.15, 0.2) is 42.7 Å². The number of anilines is 1. The molecule has 1 aromatic carbocycles. The minimum absolute atomic E-state index is 0.101. The van der Waals surface area contributed by atoms with E-state index in [4.69, 9.17) is 5.73 Å². The molecule has 1 atom stereocenters. The lowest BCUT2D eigenvalue weighted by Gasteiger charge is -2.32. The average molecular weight is 338 g/mol. The molecule has 1 saturated heterocycles. The van der Waals surface area contributed by atoms with E-state index in [0.717, 1.165) is 35.4 Å². The lowest BCUT2D eigenvalue weighted by molar-refractivity contribution is -0.122. The number of nitrogens with two attached hydrogens (primary N) is 1. The van der Waals surface area contributed by atoms with Gasteiger partial charge in [0.1, 0.15) is 17.0 Å². The van der Waals surface area contributed by atoms with E-state index < -0.39 is 0 Å². The molecule has 0 aliphatic carbocycles. The standard InChI is InChI=1S/C18H18N4OS/c19-16(23)13-7-4-8-22(10-13)17-14-9-15(12-5-2-1-3-6-12)24-18(14)21-11-20-17/h1-3,5-6,9,11,13H,4,7-8,10H2,(H2,19,23)/t13-/m1/s1. The molecule has 1 aliphatic rings. The lowest BCUT2D eigenvalue weighted by atomic mass is 9.97. The predicted molar refractivity (Wildman–Crippen MR) is 97.0 cm³/mol. The molecule has 1 aliphatic heterocycles. The molecule has 122 valence electrons. The molecular formula is C18H18N4OS. The summed E-state index contributed by atoms with van der Waals surface area (Å²) in [6.45, 7) is 1.53. The number of hydrogen-bond acceptors (Lipinski definition) is 5. The van der Waals surface area contributed by atoms with E-state index in [2.05, 4.69) is 33.1 Å². The Morgan fingerprint density at radius 3 is 2.88 bits per heavy atom. The van der Waals surface area contributed by atoms with Crippen LogP contribution in [0.3, 0.4) is 0 Å². The summed E-state index contributed by atoms with van der Waals surface area (Å²) in [5.74, 6) is 0.584. The number of nitrogens with zero attached hydrogens (tertiary/aromatic N) is 3. The summed E-state index contributed by atoms with van der Waals surface area (Å²) < 4.78 is 0. The van der Waals surface area contributed by atoms with Crippen LogP contribution >= 0.6 is 11.3 Å². The van der Waals surface area contributed by atoms with Crippen molar-refractivity contribution in [3.8, 4) is 10.4 Å². The molecule has 2 aromatic heterocycles. The number of thiophene rings is 1. The zero-order valence-corrected chi connectivity index (χ0v) is 14.0. The van der Waals surface area contributed by atoms with E-state index in [0.29, 0.717) is 6.54 Å². The summed E-state index contributed by atoms with van der Waals surface area (Å²) in [6, 6.07) is 12.4. The molecule has 24 heavy (non-hydrogen) atoms. The summed E-state index contributed by atoms with van der Waals surface area (Å²) >= 11 is 1.67. The van der Waals surface area contributed by atoms with Gasteiger partial charge in [0.2, 0.25) is 5.91 Å². The van der Waals surface area contributed by atoms with E-state index in [-0.39, 0.29) is 11.8 Å². The van der Waals surface area contributed by atoms with Gasteiger partial charge >= 0.3 is 0 Å². The molecule has 6 heteroatoms. The zero-order valence-electron chi connectivity index (χ0n) is 13.2. The second-order valence-electron chi connectivity index (χ2n) is 6.08. The molecular weight excluding hydrogens is 320 g/mol. The zero-order chi connectivity index (χ0) is 16.5. The number of primary amides is 1. The van der Waals surface area contributed by atoms with Gasteiger partial charge in [0.15, 0.2) is 0 Å². The third kappa shape index (κ3) is 2.73. The second-order valence-corrected chi connectivity index (χ2v) is 7.11. The lowest BCUT2D eigenvalue weighted by Crippen LogP contribution is -2.41. The highest BCUT2D eigenvalue weighted by atomic mass is 32.1. The van der Waals surface area contributed by atoms with Crippen LogP contribution in [0.2, 0.25) is 0 Å². The van der Waals surface area contributed by atoms with E-state index in [1.54, 1.807) is 17.7 Å². The first-order valence-corrected chi connectivity index (χ1v) is 8.88. The average Bonchev–Trinajstić information content (AvgIpc) is 3.07. The fourth-order valence-corrected chi connectivity index (χ4v) is 4.24. The van der Waals surface area contributed by atoms with Crippen molar-refractivity contribution in [1.29, 1.82) is 0 Å². The normalized spacial score (nSPS) is 18.0. The number of piperidine rings is 1. The van der Waals surface area contributed by atoms with Crippen LogP contribution in [0.5, 0.6) is 0 Å². The van der Waals surface area contributed by atoms with Gasteiger partial charge in [0.25, 0.3) is 0 Å². The summed E-state index contributed by atoms with van der Waals surface area (Å²) in [5.41, 5.74) is 6.68. The van der Waals surface area contributed by atoms with Crippen LogP contribution in [0.4, 0.5) is 5.82 Å². The quantitative estimate of drug-likeness (QED) is 0.797. The molecule has 1 amide bonds. The number of carbonyl (C=O) groups is 1. The Morgan fingerprint density at radius 1 is 1.25 bits per heavy atom. The highest BCUT2D eigenvalue weighted by Crippen LogP contribution is 2.36. The van der Waals surface area contributed by atoms with Crippen molar-refractivity contribution in [2.75, 3.05) is 18.0 Å². The smallest absolute Gasteiger partial charge is 0.222 e. The first-order valence-electron chi connectivity index (χ1n) is 8.06. The minimum atomic E-state index is -0.222. The monoisotopic (exact) mass is 338 g/mol. The van der Waals surface area contributed by atoms with Crippen molar-refractivity contribution >= 4 is 33.3 Å². The van der Waals surface area contributed by atoms with Crippen molar-refractivity contribution < 1.29 is 4.79 Å². The van der Waals surface area contributed by atoms with Crippen LogP contribution in [0, 0.1) is 5.92 Å². The molecule has 5 nitrogen and oxygen atoms in total. The molecule has 0 radical (unpaired) electrons. The maximum atomic E-state index is 11.5. The van der Waals surface area contributed by atoms with Crippen molar-refractivity contribution in [3.05, 3.63) is 42.7 Å². The fraction of sp³-hybridized carbons (Fsp3) is 0.278. The Kier molecular flexibility index (Phi) is 3.90. The summed E-state index contributed by atoms with van der Waals surface area (Å²) in [5, 5.41) is 1.05. The Hall–Kier alpha value is -2.47. The van der Waals surface area contributed by atoms with Crippen LogP contribution in [-0.2, 0) is 4.79 Å². The van der Waals surface area contributed by atoms with E-state index in [1.165, 1.54) is 10.4 Å². The minimum Gasteiger partial charge on any atom is -0.369 e. The maximum Gasteiger partial charge on any atom is 0.222 e. The molecule has 3 heterocycles. The highest BCUT2D eigenvalue weighted by molar-refractivity contribution is 7.21. The third-order valence-electron chi connectivity index (χ3n) is 4.49. The Balaban J connectivity index is 1.74. The SMILES string of the molecule is NC(=O)[C@@H]1CCCN(c2ncnc3sc(-c4ccccc4)cc23)C1. The van der Waals surface area contributed by atoms with Gasteiger partial charge in [-0.2, -0.15) is 0 Å². The van der Waals surface area contributed by atoms with Crippen LogP contribution in [-0.4, -0.2) is 29.0 Å². The maximum absolute atomic E-state index is 11.5. The Bertz CT molecular complexity index is 877. The van der Waals surface area contributed by atoms with E-state index >= 15 is 0 Å². The molecule has 0 unspecified atom stereocenters. The molecule has 3 aromatic rings. The number of hydrogen-bond donors (Lipinski definition) is 1. The van der Waals surface area contributed by atoms with Crippen molar-refractivity contribution in [2.45, 2.75) is 12.8 Å². The molecule has 0 spiro atoms. The molecule has 4 rings (SSSR count). The molecule has 2 N–H and O–H groups in total. The molecule has 0 saturated carbocycles. The predicted octanol–water partition coefficient (Wildman–Crippen LogP) is 3.06. The van der Waals surface area contributed by atoms with Crippen LogP contribution < -0.4 is 10.6 Å². The van der Waals surface area contributed by atoms with Crippen molar-refractivity contribution in [3.63, 3.8) is 0 Å². The third-order valence-corrected chi connectivity index (χ3v) is 5.58. The first-order chi connectivity index (χ1) is 11.7.